The number of hydrogen-bond acceptors (Lipinski definition) is 7. The number of sulfonamides is 1. The molecule has 1 fully saturated rings. The molecule has 9 nitrogen and oxygen atoms in total. The number of carbonyl (C=O) groups is 2. The van der Waals surface area contributed by atoms with E-state index in [1.807, 2.05) is 13.8 Å². The van der Waals surface area contributed by atoms with Crippen molar-refractivity contribution in [3.63, 3.8) is 0 Å². The molecule has 0 bridgehead atoms. The predicted octanol–water partition coefficient (Wildman–Crippen LogP) is 2.93. The fourth-order valence-electron chi connectivity index (χ4n) is 4.85. The molecular formula is C25H34N4O5S2. The van der Waals surface area contributed by atoms with Crippen molar-refractivity contribution in [1.29, 1.82) is 0 Å². The summed E-state index contributed by atoms with van der Waals surface area (Å²) in [7, 11) is -2.11. The largest absolute Gasteiger partial charge is 0.373 e. The van der Waals surface area contributed by atoms with Crippen LogP contribution in [0.2, 0.25) is 0 Å². The van der Waals surface area contributed by atoms with E-state index in [1.54, 1.807) is 7.05 Å². The lowest BCUT2D eigenvalue weighted by atomic mass is 10.0. The van der Waals surface area contributed by atoms with Crippen LogP contribution in [0.4, 0.5) is 5.00 Å². The molecule has 0 saturated carbocycles. The zero-order valence-electron chi connectivity index (χ0n) is 21.2. The smallest absolute Gasteiger partial charge is 0.256 e. The van der Waals surface area contributed by atoms with Crippen LogP contribution in [0.15, 0.2) is 29.2 Å². The Labute approximate surface area is 216 Å². The topological polar surface area (TPSA) is 108 Å². The number of amides is 2. The van der Waals surface area contributed by atoms with Crippen molar-refractivity contribution >= 4 is 38.2 Å². The van der Waals surface area contributed by atoms with Crippen molar-refractivity contribution in [1.82, 2.24) is 14.5 Å². The number of fused-ring (bicyclic) bond motifs is 1. The van der Waals surface area contributed by atoms with Gasteiger partial charge in [0.15, 0.2) is 0 Å². The van der Waals surface area contributed by atoms with Crippen LogP contribution in [0, 0.1) is 0 Å². The lowest BCUT2D eigenvalue weighted by Crippen LogP contribution is -2.48. The van der Waals surface area contributed by atoms with Gasteiger partial charge in [0.25, 0.3) is 11.8 Å². The monoisotopic (exact) mass is 534 g/mol. The first-order valence-corrected chi connectivity index (χ1v) is 14.6. The van der Waals surface area contributed by atoms with E-state index in [0.29, 0.717) is 16.1 Å². The second kappa shape index (κ2) is 11.0. The summed E-state index contributed by atoms with van der Waals surface area (Å²) >= 11 is 1.44. The minimum atomic E-state index is -3.70. The van der Waals surface area contributed by atoms with Crippen molar-refractivity contribution in [2.75, 3.05) is 38.5 Å². The Hall–Kier alpha value is -2.31. The van der Waals surface area contributed by atoms with Gasteiger partial charge in [0, 0.05) is 43.7 Å². The zero-order valence-corrected chi connectivity index (χ0v) is 22.8. The highest BCUT2D eigenvalue weighted by Crippen LogP contribution is 2.37. The Morgan fingerprint density at radius 1 is 1.11 bits per heavy atom. The summed E-state index contributed by atoms with van der Waals surface area (Å²) in [6.07, 6.45) is 1.44. The maximum atomic E-state index is 13.1. The second-order valence-corrected chi connectivity index (χ2v) is 12.4. The molecule has 2 aliphatic rings. The van der Waals surface area contributed by atoms with Gasteiger partial charge in [-0.25, -0.2) is 8.42 Å². The Morgan fingerprint density at radius 3 is 2.39 bits per heavy atom. The number of carbonyl (C=O) groups excluding carboxylic acids is 2. The third kappa shape index (κ3) is 5.50. The summed E-state index contributed by atoms with van der Waals surface area (Å²) in [5.74, 6) is -0.608. The molecule has 196 valence electrons. The van der Waals surface area contributed by atoms with Gasteiger partial charge in [0.1, 0.15) is 5.00 Å². The predicted molar refractivity (Wildman–Crippen MR) is 140 cm³/mol. The first kappa shape index (κ1) is 26.7. The van der Waals surface area contributed by atoms with Crippen LogP contribution in [0.1, 0.15) is 58.3 Å². The Balaban J connectivity index is 1.53. The van der Waals surface area contributed by atoms with Crippen LogP contribution in [0.3, 0.4) is 0 Å². The SMILES string of the molecule is CCCN1CCc2c(sc(NC(=O)c3ccc(S(=O)(=O)N4C[C@H](C)O[C@@H](C)C4)cc3)c2C(=O)NC)C1. The van der Waals surface area contributed by atoms with E-state index in [-0.39, 0.29) is 42.0 Å². The number of nitrogens with zero attached hydrogens (tertiary/aromatic N) is 2. The maximum absolute atomic E-state index is 13.1. The molecule has 36 heavy (non-hydrogen) atoms. The molecule has 2 aromatic rings. The molecule has 11 heteroatoms. The van der Waals surface area contributed by atoms with Gasteiger partial charge in [0.05, 0.1) is 22.7 Å². The number of hydrogen-bond donors (Lipinski definition) is 2. The fraction of sp³-hybridized carbons (Fsp3) is 0.520. The Morgan fingerprint density at radius 2 is 1.78 bits per heavy atom. The Kier molecular flexibility index (Phi) is 8.15. The average molecular weight is 535 g/mol. The van der Waals surface area contributed by atoms with Crippen LogP contribution in [0.25, 0.3) is 0 Å². The van der Waals surface area contributed by atoms with Crippen molar-refractivity contribution in [2.24, 2.45) is 0 Å². The van der Waals surface area contributed by atoms with E-state index < -0.39 is 10.0 Å². The van der Waals surface area contributed by atoms with Gasteiger partial charge in [0.2, 0.25) is 10.0 Å². The van der Waals surface area contributed by atoms with Crippen LogP contribution in [-0.2, 0) is 27.7 Å². The number of rotatable bonds is 7. The molecule has 0 aliphatic carbocycles. The third-order valence-electron chi connectivity index (χ3n) is 6.50. The van der Waals surface area contributed by atoms with E-state index in [0.717, 1.165) is 42.9 Å². The van der Waals surface area contributed by atoms with Gasteiger partial charge < -0.3 is 15.4 Å². The molecule has 2 atom stereocenters. The average Bonchev–Trinajstić information content (AvgIpc) is 3.20. The van der Waals surface area contributed by atoms with Gasteiger partial charge in [-0.3, -0.25) is 14.5 Å². The van der Waals surface area contributed by atoms with E-state index in [2.05, 4.69) is 22.5 Å². The van der Waals surface area contributed by atoms with E-state index in [4.69, 9.17) is 4.74 Å². The highest BCUT2D eigenvalue weighted by molar-refractivity contribution is 7.89. The summed E-state index contributed by atoms with van der Waals surface area (Å²) in [5.41, 5.74) is 1.84. The minimum Gasteiger partial charge on any atom is -0.373 e. The number of anilines is 1. The summed E-state index contributed by atoms with van der Waals surface area (Å²) in [6.45, 7) is 9.05. The van der Waals surface area contributed by atoms with Crippen molar-refractivity contribution < 1.29 is 22.7 Å². The standard InChI is InChI=1S/C25H34N4O5S2/c1-5-11-28-12-10-20-21(15-28)35-25(22(20)24(31)26-4)27-23(30)18-6-8-19(9-7-18)36(32,33)29-13-16(2)34-17(3)14-29/h6-9,16-17H,5,10-15H2,1-4H3,(H,26,31)(H,27,30)/t16-,17-/m0/s1. The molecule has 3 heterocycles. The molecule has 2 N–H and O–H groups in total. The van der Waals surface area contributed by atoms with Crippen LogP contribution in [0.5, 0.6) is 0 Å². The molecule has 0 unspecified atom stereocenters. The molecule has 1 saturated heterocycles. The maximum Gasteiger partial charge on any atom is 0.256 e. The summed E-state index contributed by atoms with van der Waals surface area (Å²) in [6, 6.07) is 5.92. The quantitative estimate of drug-likeness (QED) is 0.566. The van der Waals surface area contributed by atoms with E-state index >= 15 is 0 Å². The van der Waals surface area contributed by atoms with Crippen LogP contribution < -0.4 is 10.6 Å². The van der Waals surface area contributed by atoms with Crippen LogP contribution in [-0.4, -0.2) is 74.9 Å². The first-order valence-electron chi connectivity index (χ1n) is 12.3. The van der Waals surface area contributed by atoms with Gasteiger partial charge >= 0.3 is 0 Å². The lowest BCUT2D eigenvalue weighted by Gasteiger charge is -2.34. The molecule has 0 radical (unpaired) electrons. The number of nitrogens with one attached hydrogen (secondary N) is 2. The number of ether oxygens (including phenoxy) is 1. The summed E-state index contributed by atoms with van der Waals surface area (Å²) < 4.78 is 33.3. The normalized spacial score (nSPS) is 21.1. The van der Waals surface area contributed by atoms with E-state index in [9.17, 15) is 18.0 Å². The molecule has 1 aromatic heterocycles. The fourth-order valence-corrected chi connectivity index (χ4v) is 7.72. The second-order valence-electron chi connectivity index (χ2n) is 9.37. The molecular weight excluding hydrogens is 500 g/mol. The summed E-state index contributed by atoms with van der Waals surface area (Å²) in [5, 5.41) is 6.12. The van der Waals surface area contributed by atoms with Gasteiger partial charge in [-0.1, -0.05) is 6.92 Å². The minimum absolute atomic E-state index is 0.133. The van der Waals surface area contributed by atoms with Crippen molar-refractivity contribution in [3.05, 3.63) is 45.8 Å². The number of morpholine rings is 1. The molecule has 1 aromatic carbocycles. The molecule has 2 aliphatic heterocycles. The highest BCUT2D eigenvalue weighted by Gasteiger charge is 2.32. The lowest BCUT2D eigenvalue weighted by molar-refractivity contribution is -0.0440. The zero-order chi connectivity index (χ0) is 26.0. The van der Waals surface area contributed by atoms with Crippen LogP contribution >= 0.6 is 11.3 Å². The van der Waals surface area contributed by atoms with Crippen molar-refractivity contribution in [3.8, 4) is 0 Å². The first-order chi connectivity index (χ1) is 17.1. The summed E-state index contributed by atoms with van der Waals surface area (Å²) in [4.78, 5) is 29.4. The van der Waals surface area contributed by atoms with Gasteiger partial charge in [-0.15, -0.1) is 11.3 Å². The van der Waals surface area contributed by atoms with Gasteiger partial charge in [-0.2, -0.15) is 4.31 Å². The number of benzene rings is 1. The molecule has 4 rings (SSSR count). The number of thiophene rings is 1. The van der Waals surface area contributed by atoms with Crippen molar-refractivity contribution in [2.45, 2.75) is 57.3 Å². The van der Waals surface area contributed by atoms with Gasteiger partial charge in [-0.05, 0) is 63.1 Å². The van der Waals surface area contributed by atoms with E-state index in [1.165, 1.54) is 39.9 Å². The molecule has 2 amide bonds. The molecule has 0 spiro atoms. The Bertz CT molecular complexity index is 1220. The highest BCUT2D eigenvalue weighted by atomic mass is 32.2. The third-order valence-corrected chi connectivity index (χ3v) is 9.48.